The highest BCUT2D eigenvalue weighted by Gasteiger charge is 2.18. The molecule has 3 heterocycles. The monoisotopic (exact) mass is 317 g/mol. The van der Waals surface area contributed by atoms with Gasteiger partial charge < -0.3 is 0 Å². The zero-order valence-electron chi connectivity index (χ0n) is 15.5. The number of pyridine rings is 2. The fourth-order valence-corrected chi connectivity index (χ4v) is 3.29. The number of rotatable bonds is 2. The van der Waals surface area contributed by atoms with Gasteiger partial charge in [0.1, 0.15) is 12.7 Å². The average molecular weight is 317 g/mol. The molecule has 4 aromatic rings. The van der Waals surface area contributed by atoms with Crippen LogP contribution in [-0.2, 0) is 7.05 Å². The van der Waals surface area contributed by atoms with Crippen LogP contribution in [0.1, 0.15) is 32.2 Å². The van der Waals surface area contributed by atoms with Crippen molar-refractivity contribution in [3.05, 3.63) is 66.0 Å². The number of hydrogen-bond donors (Lipinski definition) is 0. The van der Waals surface area contributed by atoms with Crippen LogP contribution in [0.15, 0.2) is 54.9 Å². The van der Waals surface area contributed by atoms with Crippen LogP contribution in [0.2, 0.25) is 0 Å². The summed E-state index contributed by atoms with van der Waals surface area (Å²) in [7, 11) is 2.05. The van der Waals surface area contributed by atoms with E-state index in [9.17, 15) is 0 Å². The molecule has 1 aromatic carbocycles. The van der Waals surface area contributed by atoms with Gasteiger partial charge in [-0.25, -0.2) is 9.55 Å². The predicted octanol–water partition coefficient (Wildman–Crippen LogP) is 4.41. The molecule has 120 valence electrons. The van der Waals surface area contributed by atoms with Gasteiger partial charge in [0.2, 0.25) is 5.69 Å². The molecule has 0 aliphatic carbocycles. The largest absolute Gasteiger partial charge is 0.300 e. The van der Waals surface area contributed by atoms with Crippen LogP contribution in [0.25, 0.3) is 27.9 Å². The van der Waals surface area contributed by atoms with E-state index >= 15 is 0 Å². The zero-order valence-corrected chi connectivity index (χ0v) is 14.5. The second-order valence-electron chi connectivity index (χ2n) is 6.56. The number of nitrogens with zero attached hydrogens (tertiary/aromatic N) is 3. The van der Waals surface area contributed by atoms with Crippen molar-refractivity contribution < 1.29 is 5.94 Å². The molecule has 0 radical (unpaired) electrons. The number of aromatic nitrogens is 3. The topological polar surface area (TPSA) is 21.2 Å². The van der Waals surface area contributed by atoms with E-state index in [4.69, 9.17) is 6.35 Å². The summed E-state index contributed by atoms with van der Waals surface area (Å²) in [5.41, 5.74) is 7.55. The van der Waals surface area contributed by atoms with Gasteiger partial charge in [0.05, 0.1) is 16.6 Å². The second kappa shape index (κ2) is 5.45. The Labute approximate surface area is 143 Å². The molecule has 0 N–H and O–H groups in total. The molecule has 0 unspecified atom stereocenters. The van der Waals surface area contributed by atoms with Crippen LogP contribution in [0.3, 0.4) is 0 Å². The molecule has 0 saturated heterocycles. The van der Waals surface area contributed by atoms with Crippen molar-refractivity contribution in [1.29, 1.82) is 0 Å². The molecule has 3 heteroatoms. The van der Waals surface area contributed by atoms with Crippen molar-refractivity contribution in [2.45, 2.75) is 26.7 Å². The van der Waals surface area contributed by atoms with Gasteiger partial charge in [-0.1, -0.05) is 19.9 Å². The van der Waals surface area contributed by atoms with E-state index in [1.54, 1.807) is 0 Å². The molecule has 24 heavy (non-hydrogen) atoms. The van der Waals surface area contributed by atoms with E-state index in [0.717, 1.165) is 39.1 Å². The van der Waals surface area contributed by atoms with Crippen molar-refractivity contribution in [1.82, 2.24) is 9.38 Å². The van der Waals surface area contributed by atoms with Crippen molar-refractivity contribution in [3.63, 3.8) is 0 Å². The van der Waals surface area contributed by atoms with Gasteiger partial charge in [-0.3, -0.25) is 4.40 Å². The summed E-state index contributed by atoms with van der Waals surface area (Å²) >= 11 is 0. The van der Waals surface area contributed by atoms with Crippen LogP contribution in [0.5, 0.6) is 0 Å². The summed E-state index contributed by atoms with van der Waals surface area (Å²) in [6.45, 7) is 5.97. The highest BCUT2D eigenvalue weighted by molar-refractivity contribution is 5.88. The van der Waals surface area contributed by atoms with Crippen LogP contribution >= 0.6 is 0 Å². The van der Waals surface area contributed by atoms with E-state index in [0.29, 0.717) is 0 Å². The highest BCUT2D eigenvalue weighted by Crippen LogP contribution is 2.29. The first kappa shape index (κ1) is 13.7. The lowest BCUT2D eigenvalue weighted by atomic mass is 9.98. The quantitative estimate of drug-likeness (QED) is 0.502. The Balaban J connectivity index is 1.99. The van der Waals surface area contributed by atoms with Crippen LogP contribution in [0.4, 0.5) is 0 Å². The summed E-state index contributed by atoms with van der Waals surface area (Å²) in [6.07, 6.45) is 4.08. The molecule has 4 rings (SSSR count). The van der Waals surface area contributed by atoms with Crippen molar-refractivity contribution in [3.8, 4) is 11.3 Å². The Morgan fingerprint density at radius 2 is 2.00 bits per heavy atom. The van der Waals surface area contributed by atoms with Crippen molar-refractivity contribution >= 4 is 16.7 Å². The highest BCUT2D eigenvalue weighted by atomic mass is 15.0. The van der Waals surface area contributed by atoms with Gasteiger partial charge in [0.25, 0.3) is 0 Å². The maximum atomic E-state index is 8.34. The molecule has 0 spiro atoms. The Morgan fingerprint density at radius 1 is 1.17 bits per heavy atom. The SMILES string of the molecule is [2H]C(C)(C)c1cc[n+](C)c(-c2ccc3c(nc4ccccn43)c2C)c1. The van der Waals surface area contributed by atoms with Crippen LogP contribution in [0, 0.1) is 6.92 Å². The first-order chi connectivity index (χ1) is 11.9. The minimum Gasteiger partial charge on any atom is -0.300 e. The average Bonchev–Trinajstić information content (AvgIpc) is 2.95. The molecular weight excluding hydrogens is 294 g/mol. The summed E-state index contributed by atoms with van der Waals surface area (Å²) in [5.74, 6) is -0.621. The molecule has 0 amide bonds. The maximum Gasteiger partial charge on any atom is 0.212 e. The predicted molar refractivity (Wildman–Crippen MR) is 98.1 cm³/mol. The molecule has 0 bridgehead atoms. The molecule has 0 saturated carbocycles. The lowest BCUT2D eigenvalue weighted by molar-refractivity contribution is -0.660. The van der Waals surface area contributed by atoms with E-state index in [2.05, 4.69) is 34.1 Å². The standard InChI is InChI=1S/C21H22N3/c1-14(2)16-10-12-23(4)19(13-16)17-8-9-18-21(15(17)3)22-20-7-5-6-11-24(18)20/h5-14H,1-4H3/q+1/i14D. The third kappa shape index (κ3) is 2.20. The Bertz CT molecular complexity index is 1100. The smallest absolute Gasteiger partial charge is 0.212 e. The first-order valence-corrected chi connectivity index (χ1v) is 8.23. The minimum atomic E-state index is -0.621. The number of imidazole rings is 1. The zero-order chi connectivity index (χ0) is 17.8. The van der Waals surface area contributed by atoms with Crippen LogP contribution < -0.4 is 4.57 Å². The molecule has 0 atom stereocenters. The fraction of sp³-hybridized carbons (Fsp3) is 0.238. The number of benzene rings is 1. The van der Waals surface area contributed by atoms with Gasteiger partial charge in [-0.2, -0.15) is 0 Å². The van der Waals surface area contributed by atoms with Gasteiger partial charge in [0.15, 0.2) is 6.20 Å². The Morgan fingerprint density at radius 3 is 2.79 bits per heavy atom. The molecule has 0 fully saturated rings. The Hall–Kier alpha value is -2.68. The molecule has 3 aromatic heterocycles. The van der Waals surface area contributed by atoms with Crippen LogP contribution in [-0.4, -0.2) is 9.38 Å². The first-order valence-electron chi connectivity index (χ1n) is 8.73. The molecule has 3 nitrogen and oxygen atoms in total. The van der Waals surface area contributed by atoms with Gasteiger partial charge in [-0.15, -0.1) is 0 Å². The van der Waals surface area contributed by atoms with Crippen molar-refractivity contribution in [2.24, 2.45) is 7.05 Å². The second-order valence-corrected chi connectivity index (χ2v) is 6.56. The van der Waals surface area contributed by atoms with E-state index in [1.165, 1.54) is 0 Å². The summed E-state index contributed by atoms with van der Waals surface area (Å²) in [6, 6.07) is 14.5. The van der Waals surface area contributed by atoms with Gasteiger partial charge in [-0.05, 0) is 48.2 Å². The third-order valence-corrected chi connectivity index (χ3v) is 4.74. The van der Waals surface area contributed by atoms with E-state index in [-0.39, 0.29) is 0 Å². The molecular formula is C21H22N3+. The Kier molecular flexibility index (Phi) is 3.12. The summed E-state index contributed by atoms with van der Waals surface area (Å²) in [5, 5.41) is 0. The minimum absolute atomic E-state index is 0.621. The normalized spacial score (nSPS) is 12.8. The summed E-state index contributed by atoms with van der Waals surface area (Å²) in [4.78, 5) is 4.82. The van der Waals surface area contributed by atoms with E-state index < -0.39 is 5.89 Å². The number of fused-ring (bicyclic) bond motifs is 3. The lowest BCUT2D eigenvalue weighted by Gasteiger charge is -2.09. The lowest BCUT2D eigenvalue weighted by Crippen LogP contribution is -2.30. The summed E-state index contributed by atoms with van der Waals surface area (Å²) < 4.78 is 12.6. The molecule has 0 aliphatic heterocycles. The van der Waals surface area contributed by atoms with E-state index in [1.807, 2.05) is 57.6 Å². The van der Waals surface area contributed by atoms with Crippen molar-refractivity contribution in [2.75, 3.05) is 0 Å². The number of aryl methyl sites for hydroxylation is 2. The number of hydrogen-bond acceptors (Lipinski definition) is 1. The fourth-order valence-electron chi connectivity index (χ4n) is 3.29. The van der Waals surface area contributed by atoms with Gasteiger partial charge in [0, 0.05) is 19.7 Å². The maximum absolute atomic E-state index is 8.34. The van der Waals surface area contributed by atoms with Gasteiger partial charge >= 0.3 is 0 Å². The molecule has 0 aliphatic rings. The third-order valence-electron chi connectivity index (χ3n) is 4.74.